The van der Waals surface area contributed by atoms with Crippen LogP contribution in [0.3, 0.4) is 0 Å². The summed E-state index contributed by atoms with van der Waals surface area (Å²) >= 11 is 3.44. The summed E-state index contributed by atoms with van der Waals surface area (Å²) in [5, 5.41) is 3.05. The second-order valence-electron chi connectivity index (χ2n) is 6.21. The zero-order valence-electron chi connectivity index (χ0n) is 13.8. The monoisotopic (exact) mass is 387 g/mol. The van der Waals surface area contributed by atoms with E-state index in [1.165, 1.54) is 5.56 Å². The van der Waals surface area contributed by atoms with Crippen molar-refractivity contribution in [3.05, 3.63) is 64.1 Å². The van der Waals surface area contributed by atoms with Gasteiger partial charge in [0.2, 0.25) is 5.91 Å². The Morgan fingerprint density at radius 1 is 1.25 bits per heavy atom. The van der Waals surface area contributed by atoms with Crippen molar-refractivity contribution in [2.24, 2.45) is 5.92 Å². The van der Waals surface area contributed by atoms with Crippen LogP contribution in [0, 0.1) is 5.92 Å². The highest BCUT2D eigenvalue weighted by Gasteiger charge is 2.43. The molecule has 0 bridgehead atoms. The van der Waals surface area contributed by atoms with E-state index in [4.69, 9.17) is 4.74 Å². The van der Waals surface area contributed by atoms with Crippen molar-refractivity contribution in [2.45, 2.75) is 32.2 Å². The van der Waals surface area contributed by atoms with E-state index in [1.54, 1.807) is 0 Å². The van der Waals surface area contributed by atoms with Gasteiger partial charge in [0.1, 0.15) is 5.75 Å². The summed E-state index contributed by atoms with van der Waals surface area (Å²) in [5.74, 6) is 1.47. The largest absolute Gasteiger partial charge is 0.494 e. The van der Waals surface area contributed by atoms with Crippen LogP contribution in [0.5, 0.6) is 5.75 Å². The molecule has 0 radical (unpaired) electrons. The Labute approximate surface area is 151 Å². The van der Waals surface area contributed by atoms with Crippen LogP contribution >= 0.6 is 15.9 Å². The fourth-order valence-corrected chi connectivity index (χ4v) is 3.11. The van der Waals surface area contributed by atoms with Gasteiger partial charge in [-0.3, -0.25) is 4.79 Å². The summed E-state index contributed by atoms with van der Waals surface area (Å²) in [6.45, 7) is 3.35. The first-order valence-corrected chi connectivity index (χ1v) is 9.21. The van der Waals surface area contributed by atoms with Crippen molar-refractivity contribution in [2.75, 3.05) is 6.61 Å². The zero-order valence-corrected chi connectivity index (χ0v) is 15.4. The minimum atomic E-state index is 0.102. The first-order chi connectivity index (χ1) is 11.7. The molecule has 3 nitrogen and oxygen atoms in total. The Bertz CT molecular complexity index is 699. The third-order valence-corrected chi connectivity index (χ3v) is 4.79. The number of nitrogens with one attached hydrogen (secondary N) is 1. The minimum Gasteiger partial charge on any atom is -0.494 e. The first-order valence-electron chi connectivity index (χ1n) is 8.42. The van der Waals surface area contributed by atoms with E-state index in [-0.39, 0.29) is 11.8 Å². The third kappa shape index (κ3) is 4.38. The molecular weight excluding hydrogens is 366 g/mol. The van der Waals surface area contributed by atoms with E-state index in [0.29, 0.717) is 19.1 Å². The molecule has 1 saturated carbocycles. The quantitative estimate of drug-likeness (QED) is 0.750. The molecule has 1 amide bonds. The molecule has 1 aliphatic carbocycles. The van der Waals surface area contributed by atoms with Crippen LogP contribution in [0.25, 0.3) is 0 Å². The van der Waals surface area contributed by atoms with Crippen molar-refractivity contribution < 1.29 is 9.53 Å². The number of carbonyl (C=O) groups excluding carboxylic acids is 1. The van der Waals surface area contributed by atoms with Crippen LogP contribution in [0.1, 0.15) is 36.8 Å². The Morgan fingerprint density at radius 3 is 2.79 bits per heavy atom. The predicted octanol–water partition coefficient (Wildman–Crippen LogP) is 4.66. The lowest BCUT2D eigenvalue weighted by molar-refractivity contribution is -0.122. The van der Waals surface area contributed by atoms with Gasteiger partial charge in [-0.05, 0) is 54.2 Å². The second kappa shape index (κ2) is 7.84. The fourth-order valence-electron chi connectivity index (χ4n) is 2.85. The van der Waals surface area contributed by atoms with E-state index >= 15 is 0 Å². The number of amides is 1. The number of hydrogen-bond acceptors (Lipinski definition) is 2. The second-order valence-corrected chi connectivity index (χ2v) is 7.13. The standard InChI is InChI=1S/C20H22BrNO2/c1-2-10-24-17-5-3-4-14(11-17)13-22-20(23)19-12-18(19)15-6-8-16(21)9-7-15/h3-9,11,18-19H,2,10,12-13H2,1H3,(H,22,23). The van der Waals surface area contributed by atoms with Crippen molar-refractivity contribution in [3.8, 4) is 5.75 Å². The van der Waals surface area contributed by atoms with Gasteiger partial charge in [0.15, 0.2) is 0 Å². The predicted molar refractivity (Wildman–Crippen MR) is 99.1 cm³/mol. The number of carbonyl (C=O) groups is 1. The number of hydrogen-bond donors (Lipinski definition) is 1. The molecule has 1 N–H and O–H groups in total. The summed E-state index contributed by atoms with van der Waals surface area (Å²) in [6.07, 6.45) is 1.92. The van der Waals surface area contributed by atoms with E-state index in [0.717, 1.165) is 28.6 Å². The molecule has 2 atom stereocenters. The van der Waals surface area contributed by atoms with Crippen LogP contribution in [0.15, 0.2) is 53.0 Å². The van der Waals surface area contributed by atoms with Gasteiger partial charge in [0.05, 0.1) is 6.61 Å². The van der Waals surface area contributed by atoms with Crippen molar-refractivity contribution in [3.63, 3.8) is 0 Å². The SMILES string of the molecule is CCCOc1cccc(CNC(=O)C2CC2c2ccc(Br)cc2)c1. The smallest absolute Gasteiger partial charge is 0.224 e. The van der Waals surface area contributed by atoms with Crippen LogP contribution in [0.4, 0.5) is 0 Å². The molecule has 126 valence electrons. The first kappa shape index (κ1) is 17.0. The van der Waals surface area contributed by atoms with E-state index < -0.39 is 0 Å². The zero-order chi connectivity index (χ0) is 16.9. The highest BCUT2D eigenvalue weighted by atomic mass is 79.9. The summed E-state index contributed by atoms with van der Waals surface area (Å²) in [7, 11) is 0. The van der Waals surface area contributed by atoms with E-state index in [2.05, 4.69) is 40.3 Å². The molecule has 2 aromatic rings. The van der Waals surface area contributed by atoms with Gasteiger partial charge < -0.3 is 10.1 Å². The minimum absolute atomic E-state index is 0.102. The molecule has 2 unspecified atom stereocenters. The lowest BCUT2D eigenvalue weighted by atomic mass is 10.1. The molecule has 0 aromatic heterocycles. The molecule has 4 heteroatoms. The fraction of sp³-hybridized carbons (Fsp3) is 0.350. The lowest BCUT2D eigenvalue weighted by Crippen LogP contribution is -2.24. The molecular formula is C20H22BrNO2. The number of rotatable bonds is 7. The van der Waals surface area contributed by atoms with Crippen molar-refractivity contribution in [1.82, 2.24) is 5.32 Å². The summed E-state index contributed by atoms with van der Waals surface area (Å²) in [6, 6.07) is 16.2. The average Bonchev–Trinajstić information content (AvgIpc) is 3.40. The van der Waals surface area contributed by atoms with Crippen LogP contribution < -0.4 is 10.1 Å². The molecule has 3 rings (SSSR count). The van der Waals surface area contributed by atoms with Gasteiger partial charge >= 0.3 is 0 Å². The highest BCUT2D eigenvalue weighted by Crippen LogP contribution is 2.47. The maximum atomic E-state index is 12.3. The van der Waals surface area contributed by atoms with Gasteiger partial charge in [0.25, 0.3) is 0 Å². The van der Waals surface area contributed by atoms with Gasteiger partial charge in [-0.15, -0.1) is 0 Å². The summed E-state index contributed by atoms with van der Waals surface area (Å²) < 4.78 is 6.70. The van der Waals surface area contributed by atoms with Crippen molar-refractivity contribution >= 4 is 21.8 Å². The molecule has 0 saturated heterocycles. The maximum Gasteiger partial charge on any atom is 0.224 e. The normalized spacial score (nSPS) is 18.9. The molecule has 24 heavy (non-hydrogen) atoms. The summed E-state index contributed by atoms with van der Waals surface area (Å²) in [5.41, 5.74) is 2.31. The van der Waals surface area contributed by atoms with E-state index in [9.17, 15) is 4.79 Å². The molecule has 1 fully saturated rings. The van der Waals surface area contributed by atoms with Crippen molar-refractivity contribution in [1.29, 1.82) is 0 Å². The number of halogens is 1. The Hall–Kier alpha value is -1.81. The molecule has 0 spiro atoms. The number of benzene rings is 2. The Kier molecular flexibility index (Phi) is 5.56. The third-order valence-electron chi connectivity index (χ3n) is 4.26. The van der Waals surface area contributed by atoms with Gasteiger partial charge in [-0.1, -0.05) is 47.1 Å². The van der Waals surface area contributed by atoms with E-state index in [1.807, 2.05) is 36.4 Å². The van der Waals surface area contributed by atoms with Crippen LogP contribution in [-0.4, -0.2) is 12.5 Å². The lowest BCUT2D eigenvalue weighted by Gasteiger charge is -2.08. The van der Waals surface area contributed by atoms with Crippen LogP contribution in [0.2, 0.25) is 0 Å². The average molecular weight is 388 g/mol. The maximum absolute atomic E-state index is 12.3. The van der Waals surface area contributed by atoms with Gasteiger partial charge in [-0.2, -0.15) is 0 Å². The van der Waals surface area contributed by atoms with Gasteiger partial charge in [-0.25, -0.2) is 0 Å². The van der Waals surface area contributed by atoms with Crippen LogP contribution in [-0.2, 0) is 11.3 Å². The Balaban J connectivity index is 1.50. The molecule has 0 heterocycles. The highest BCUT2D eigenvalue weighted by molar-refractivity contribution is 9.10. The van der Waals surface area contributed by atoms with Gasteiger partial charge in [0, 0.05) is 16.9 Å². The molecule has 2 aromatic carbocycles. The molecule has 1 aliphatic rings. The molecule has 0 aliphatic heterocycles. The Morgan fingerprint density at radius 2 is 2.04 bits per heavy atom. The summed E-state index contributed by atoms with van der Waals surface area (Å²) in [4.78, 5) is 12.3. The number of ether oxygens (including phenoxy) is 1. The topological polar surface area (TPSA) is 38.3 Å².